The Kier molecular flexibility index (Phi) is 10.1. The number of rotatable bonds is 5. The van der Waals surface area contributed by atoms with Gasteiger partial charge in [-0.05, 0) is 19.9 Å². The van der Waals surface area contributed by atoms with Crippen molar-refractivity contribution in [3.05, 3.63) is 0 Å². The number of unbranched alkanes of at least 4 members (excludes halogenated alkanes) is 1. The second-order valence-electron chi connectivity index (χ2n) is 5.08. The Morgan fingerprint density at radius 3 is 2.10 bits per heavy atom. The molecule has 1 rings (SSSR count). The fourth-order valence-electron chi connectivity index (χ4n) is 2.00. The van der Waals surface area contributed by atoms with Crippen molar-refractivity contribution in [1.82, 2.24) is 14.7 Å². The van der Waals surface area contributed by atoms with Crippen LogP contribution in [0.1, 0.15) is 40.0 Å². The number of likely N-dealkylation sites (N-methyl/N-ethyl adjacent to an activating group) is 1. The minimum atomic E-state index is 0.0837. The molecule has 118 valence electrons. The second kappa shape index (κ2) is 10.7. The molecule has 1 aliphatic rings. The molecule has 0 unspecified atom stereocenters. The first kappa shape index (κ1) is 18.9. The Bertz CT molecular complexity index is 287. The summed E-state index contributed by atoms with van der Waals surface area (Å²) < 4.78 is 0. The van der Waals surface area contributed by atoms with Crippen LogP contribution in [0.5, 0.6) is 0 Å². The quantitative estimate of drug-likeness (QED) is 0.718. The summed E-state index contributed by atoms with van der Waals surface area (Å²) in [5, 5.41) is 0. The summed E-state index contributed by atoms with van der Waals surface area (Å²) >= 11 is 0. The zero-order valence-corrected chi connectivity index (χ0v) is 13.8. The molecule has 0 radical (unpaired) electrons. The van der Waals surface area contributed by atoms with Crippen LogP contribution in [-0.2, 0) is 9.59 Å². The topological polar surface area (TPSA) is 43.9 Å². The third-order valence-electron chi connectivity index (χ3n) is 3.53. The zero-order chi connectivity index (χ0) is 15.5. The van der Waals surface area contributed by atoms with Crippen molar-refractivity contribution in [2.45, 2.75) is 40.0 Å². The maximum atomic E-state index is 11.9. The maximum Gasteiger partial charge on any atom is 0.222 e. The summed E-state index contributed by atoms with van der Waals surface area (Å²) in [6.07, 6.45) is 2.37. The molecule has 0 aromatic rings. The highest BCUT2D eigenvalue weighted by Gasteiger charge is 2.18. The van der Waals surface area contributed by atoms with E-state index in [2.05, 4.69) is 11.9 Å². The molecule has 1 saturated heterocycles. The van der Waals surface area contributed by atoms with Crippen LogP contribution < -0.4 is 0 Å². The summed E-state index contributed by atoms with van der Waals surface area (Å²) in [6.45, 7) is 9.95. The number of carbonyl (C=O) groups is 2. The Hall–Kier alpha value is -1.10. The van der Waals surface area contributed by atoms with Gasteiger partial charge in [-0.1, -0.05) is 13.8 Å². The first-order chi connectivity index (χ1) is 9.50. The summed E-state index contributed by atoms with van der Waals surface area (Å²) in [5.41, 5.74) is 0. The molecule has 5 heteroatoms. The lowest BCUT2D eigenvalue weighted by Gasteiger charge is -2.32. The molecule has 0 aromatic heterocycles. The minimum absolute atomic E-state index is 0.0837. The van der Waals surface area contributed by atoms with Gasteiger partial charge >= 0.3 is 0 Å². The molecule has 1 fully saturated rings. The molecular formula is C15H31N3O2. The molecule has 0 N–H and O–H groups in total. The van der Waals surface area contributed by atoms with Crippen LogP contribution >= 0.6 is 0 Å². The number of nitrogens with zero attached hydrogens (tertiary/aromatic N) is 3. The minimum Gasteiger partial charge on any atom is -0.346 e. The third kappa shape index (κ3) is 7.48. The van der Waals surface area contributed by atoms with Gasteiger partial charge in [0.15, 0.2) is 0 Å². The predicted molar refractivity (Wildman–Crippen MR) is 82.6 cm³/mol. The molecule has 0 aromatic carbocycles. The van der Waals surface area contributed by atoms with E-state index in [-0.39, 0.29) is 11.8 Å². The highest BCUT2D eigenvalue weighted by atomic mass is 16.2. The van der Waals surface area contributed by atoms with Crippen LogP contribution in [0.25, 0.3) is 0 Å². The Morgan fingerprint density at radius 1 is 1.05 bits per heavy atom. The number of piperazine rings is 1. The van der Waals surface area contributed by atoms with E-state index in [1.54, 1.807) is 18.9 Å². The van der Waals surface area contributed by atoms with Gasteiger partial charge in [0, 0.05) is 53.1 Å². The SMILES string of the molecule is CC.CC(=O)N(C)CCCCC(=O)N1CCN(C)CC1. The van der Waals surface area contributed by atoms with Gasteiger partial charge in [0.25, 0.3) is 0 Å². The summed E-state index contributed by atoms with van der Waals surface area (Å²) in [4.78, 5) is 28.8. The Labute approximate surface area is 123 Å². The lowest BCUT2D eigenvalue weighted by molar-refractivity contribution is -0.132. The largest absolute Gasteiger partial charge is 0.346 e. The molecule has 0 atom stereocenters. The Balaban J connectivity index is 0.00000172. The van der Waals surface area contributed by atoms with Crippen molar-refractivity contribution < 1.29 is 9.59 Å². The molecule has 5 nitrogen and oxygen atoms in total. The van der Waals surface area contributed by atoms with E-state index in [0.29, 0.717) is 6.42 Å². The fourth-order valence-corrected chi connectivity index (χ4v) is 2.00. The van der Waals surface area contributed by atoms with Crippen molar-refractivity contribution in [3.8, 4) is 0 Å². The fraction of sp³-hybridized carbons (Fsp3) is 0.867. The smallest absolute Gasteiger partial charge is 0.222 e. The molecule has 20 heavy (non-hydrogen) atoms. The monoisotopic (exact) mass is 285 g/mol. The molecule has 1 heterocycles. The van der Waals surface area contributed by atoms with Gasteiger partial charge in [-0.15, -0.1) is 0 Å². The van der Waals surface area contributed by atoms with E-state index in [1.165, 1.54) is 0 Å². The number of carbonyl (C=O) groups excluding carboxylic acids is 2. The summed E-state index contributed by atoms with van der Waals surface area (Å²) in [5.74, 6) is 0.342. The van der Waals surface area contributed by atoms with Gasteiger partial charge in [0.05, 0.1) is 0 Å². The van der Waals surface area contributed by atoms with E-state index in [4.69, 9.17) is 0 Å². The molecule has 0 bridgehead atoms. The van der Waals surface area contributed by atoms with Crippen LogP contribution in [0.4, 0.5) is 0 Å². The lowest BCUT2D eigenvalue weighted by atomic mass is 10.2. The highest BCUT2D eigenvalue weighted by molar-refractivity contribution is 5.76. The number of hydrogen-bond acceptors (Lipinski definition) is 3. The Morgan fingerprint density at radius 2 is 1.60 bits per heavy atom. The van der Waals surface area contributed by atoms with Crippen LogP contribution in [-0.4, -0.2) is 73.3 Å². The van der Waals surface area contributed by atoms with Gasteiger partial charge < -0.3 is 14.7 Å². The molecule has 0 spiro atoms. The van der Waals surface area contributed by atoms with Crippen LogP contribution in [0, 0.1) is 0 Å². The van der Waals surface area contributed by atoms with Crippen molar-refractivity contribution in [3.63, 3.8) is 0 Å². The van der Waals surface area contributed by atoms with Crippen LogP contribution in [0.3, 0.4) is 0 Å². The van der Waals surface area contributed by atoms with Gasteiger partial charge in [-0.3, -0.25) is 9.59 Å². The molecule has 0 saturated carbocycles. The van der Waals surface area contributed by atoms with Crippen molar-refractivity contribution in [2.75, 3.05) is 46.8 Å². The third-order valence-corrected chi connectivity index (χ3v) is 3.53. The second-order valence-corrected chi connectivity index (χ2v) is 5.08. The average Bonchev–Trinajstić information content (AvgIpc) is 2.45. The van der Waals surface area contributed by atoms with Gasteiger partial charge in [-0.2, -0.15) is 0 Å². The van der Waals surface area contributed by atoms with Crippen LogP contribution in [0.2, 0.25) is 0 Å². The highest BCUT2D eigenvalue weighted by Crippen LogP contribution is 2.05. The molecular weight excluding hydrogens is 254 g/mol. The van der Waals surface area contributed by atoms with Gasteiger partial charge in [-0.25, -0.2) is 0 Å². The molecule has 1 aliphatic heterocycles. The average molecular weight is 285 g/mol. The van der Waals surface area contributed by atoms with Crippen molar-refractivity contribution >= 4 is 11.8 Å². The first-order valence-corrected chi connectivity index (χ1v) is 7.68. The van der Waals surface area contributed by atoms with Gasteiger partial charge in [0.1, 0.15) is 0 Å². The molecule has 2 amide bonds. The standard InChI is InChI=1S/C13H25N3O2.C2H6/c1-12(17)15(3)7-5-4-6-13(18)16-10-8-14(2)9-11-16;1-2/h4-11H2,1-3H3;1-2H3. The maximum absolute atomic E-state index is 11.9. The van der Waals surface area contributed by atoms with E-state index in [1.807, 2.05) is 18.7 Å². The summed E-state index contributed by atoms with van der Waals surface area (Å²) in [7, 11) is 3.88. The van der Waals surface area contributed by atoms with E-state index in [0.717, 1.165) is 45.6 Å². The summed E-state index contributed by atoms with van der Waals surface area (Å²) in [6, 6.07) is 0. The number of amides is 2. The van der Waals surface area contributed by atoms with E-state index >= 15 is 0 Å². The van der Waals surface area contributed by atoms with Gasteiger partial charge in [0.2, 0.25) is 11.8 Å². The normalized spacial score (nSPS) is 15.3. The lowest BCUT2D eigenvalue weighted by Crippen LogP contribution is -2.47. The zero-order valence-electron chi connectivity index (χ0n) is 13.8. The van der Waals surface area contributed by atoms with Crippen LogP contribution in [0.15, 0.2) is 0 Å². The first-order valence-electron chi connectivity index (χ1n) is 7.68. The number of hydrogen-bond donors (Lipinski definition) is 0. The predicted octanol–water partition coefficient (Wildman–Crippen LogP) is 1.44. The molecule has 0 aliphatic carbocycles. The van der Waals surface area contributed by atoms with Crippen molar-refractivity contribution in [2.24, 2.45) is 0 Å². The van der Waals surface area contributed by atoms with E-state index < -0.39 is 0 Å². The van der Waals surface area contributed by atoms with E-state index in [9.17, 15) is 9.59 Å². The van der Waals surface area contributed by atoms with Crippen molar-refractivity contribution in [1.29, 1.82) is 0 Å².